The minimum Gasteiger partial charge on any atom is -0.445 e. The van der Waals surface area contributed by atoms with Gasteiger partial charge in [0.25, 0.3) is 0 Å². The second-order valence-electron chi connectivity index (χ2n) is 8.96. The number of rotatable bonds is 10. The summed E-state index contributed by atoms with van der Waals surface area (Å²) < 4.78 is 7.32. The van der Waals surface area contributed by atoms with E-state index < -0.39 is 12.1 Å². The molecule has 0 aliphatic rings. The molecule has 0 spiro atoms. The SMILES string of the molecule is Cc1nn(Cc2ccccc2)c(C)c1CNC(=O)[C@H](Cc1ccccc1)NC(=O)OCc1ccccc1. The fourth-order valence-corrected chi connectivity index (χ4v) is 4.16. The largest absolute Gasteiger partial charge is 0.445 e. The van der Waals surface area contributed by atoms with Crippen molar-refractivity contribution in [1.82, 2.24) is 20.4 Å². The van der Waals surface area contributed by atoms with E-state index in [4.69, 9.17) is 4.74 Å². The maximum Gasteiger partial charge on any atom is 0.408 e. The predicted octanol–water partition coefficient (Wildman–Crippen LogP) is 4.70. The van der Waals surface area contributed by atoms with E-state index in [-0.39, 0.29) is 12.5 Å². The Morgan fingerprint density at radius 1 is 0.838 bits per heavy atom. The third-order valence-electron chi connectivity index (χ3n) is 6.25. The van der Waals surface area contributed by atoms with Gasteiger partial charge in [-0.25, -0.2) is 4.79 Å². The number of alkyl carbamates (subject to hydrolysis) is 1. The molecule has 0 radical (unpaired) electrons. The Morgan fingerprint density at radius 2 is 1.41 bits per heavy atom. The molecule has 4 rings (SSSR count). The van der Waals surface area contributed by atoms with E-state index in [1.54, 1.807) is 0 Å². The molecule has 7 nitrogen and oxygen atoms in total. The highest BCUT2D eigenvalue weighted by molar-refractivity contribution is 5.86. The first-order valence-corrected chi connectivity index (χ1v) is 12.3. The van der Waals surface area contributed by atoms with Crippen molar-refractivity contribution in [2.75, 3.05) is 0 Å². The topological polar surface area (TPSA) is 85.3 Å². The molecule has 0 bridgehead atoms. The number of carbonyl (C=O) groups is 2. The summed E-state index contributed by atoms with van der Waals surface area (Å²) in [4.78, 5) is 25.8. The molecule has 7 heteroatoms. The normalized spacial score (nSPS) is 11.5. The molecule has 4 aromatic rings. The highest BCUT2D eigenvalue weighted by Gasteiger charge is 2.23. The molecule has 0 saturated carbocycles. The van der Waals surface area contributed by atoms with E-state index in [9.17, 15) is 9.59 Å². The minimum absolute atomic E-state index is 0.130. The summed E-state index contributed by atoms with van der Waals surface area (Å²) in [7, 11) is 0. The second kappa shape index (κ2) is 12.5. The number of amides is 2. The van der Waals surface area contributed by atoms with Gasteiger partial charge in [-0.1, -0.05) is 91.0 Å². The number of benzene rings is 3. The van der Waals surface area contributed by atoms with Gasteiger partial charge in [0.1, 0.15) is 12.6 Å². The summed E-state index contributed by atoms with van der Waals surface area (Å²) in [6.45, 7) is 5.05. The smallest absolute Gasteiger partial charge is 0.408 e. The average molecular weight is 497 g/mol. The number of carbonyl (C=O) groups excluding carboxylic acids is 2. The number of aromatic nitrogens is 2. The molecule has 2 amide bonds. The zero-order valence-corrected chi connectivity index (χ0v) is 21.2. The number of nitrogens with one attached hydrogen (secondary N) is 2. The van der Waals surface area contributed by atoms with Crippen LogP contribution in [0.25, 0.3) is 0 Å². The van der Waals surface area contributed by atoms with Gasteiger partial charge in [0.15, 0.2) is 0 Å². The van der Waals surface area contributed by atoms with Crippen LogP contribution in [-0.2, 0) is 35.6 Å². The molecule has 1 aromatic heterocycles. The van der Waals surface area contributed by atoms with Gasteiger partial charge in [0.05, 0.1) is 12.2 Å². The van der Waals surface area contributed by atoms with Crippen LogP contribution in [-0.4, -0.2) is 27.8 Å². The lowest BCUT2D eigenvalue weighted by Gasteiger charge is -2.19. The van der Waals surface area contributed by atoms with Crippen LogP contribution in [0.1, 0.15) is 33.6 Å². The summed E-state index contributed by atoms with van der Waals surface area (Å²) >= 11 is 0. The molecule has 3 aromatic carbocycles. The Bertz CT molecular complexity index is 1300. The molecule has 0 aliphatic heterocycles. The summed E-state index contributed by atoms with van der Waals surface area (Å²) in [6, 6.07) is 28.4. The first-order chi connectivity index (χ1) is 18.0. The third kappa shape index (κ3) is 7.30. The lowest BCUT2D eigenvalue weighted by Crippen LogP contribution is -2.48. The number of hydrogen-bond acceptors (Lipinski definition) is 4. The molecular formula is C30H32N4O3. The summed E-state index contributed by atoms with van der Waals surface area (Å²) in [5.74, 6) is -0.282. The fourth-order valence-electron chi connectivity index (χ4n) is 4.16. The van der Waals surface area contributed by atoms with Crippen molar-refractivity contribution < 1.29 is 14.3 Å². The Balaban J connectivity index is 1.41. The van der Waals surface area contributed by atoms with E-state index in [0.717, 1.165) is 33.6 Å². The standard InChI is InChI=1S/C30H32N4O3/c1-22-27(23(2)34(33-22)20-25-14-8-4-9-15-25)19-31-29(35)28(18-24-12-6-3-7-13-24)32-30(36)37-21-26-16-10-5-11-17-26/h3-17,28H,18-21H2,1-2H3,(H,31,35)(H,32,36)/t28-/m0/s1. The van der Waals surface area contributed by atoms with Crippen molar-refractivity contribution in [1.29, 1.82) is 0 Å². The van der Waals surface area contributed by atoms with Gasteiger partial charge < -0.3 is 15.4 Å². The molecule has 190 valence electrons. The Hall–Kier alpha value is -4.39. The zero-order chi connectivity index (χ0) is 26.0. The molecule has 37 heavy (non-hydrogen) atoms. The third-order valence-corrected chi connectivity index (χ3v) is 6.25. The maximum absolute atomic E-state index is 13.2. The Morgan fingerprint density at radius 3 is 2.03 bits per heavy atom. The van der Waals surface area contributed by atoms with Crippen molar-refractivity contribution in [3.05, 3.63) is 125 Å². The summed E-state index contributed by atoms with van der Waals surface area (Å²) in [5, 5.41) is 10.4. The van der Waals surface area contributed by atoms with Crippen LogP contribution < -0.4 is 10.6 Å². The van der Waals surface area contributed by atoms with Gasteiger partial charge in [-0.2, -0.15) is 5.10 Å². The van der Waals surface area contributed by atoms with E-state index in [2.05, 4.69) is 27.9 Å². The summed E-state index contributed by atoms with van der Waals surface area (Å²) in [6.07, 6.45) is -0.291. The fraction of sp³-hybridized carbons (Fsp3) is 0.233. The van der Waals surface area contributed by atoms with Crippen LogP contribution in [0, 0.1) is 13.8 Å². The monoisotopic (exact) mass is 496 g/mol. The van der Waals surface area contributed by atoms with Gasteiger partial charge in [-0.15, -0.1) is 0 Å². The van der Waals surface area contributed by atoms with Crippen LogP contribution in [0.15, 0.2) is 91.0 Å². The maximum atomic E-state index is 13.2. The number of nitrogens with zero attached hydrogens (tertiary/aromatic N) is 2. The second-order valence-corrected chi connectivity index (χ2v) is 8.96. The minimum atomic E-state index is -0.786. The van der Waals surface area contributed by atoms with Gasteiger partial charge in [0, 0.05) is 24.2 Å². The highest BCUT2D eigenvalue weighted by Crippen LogP contribution is 2.15. The van der Waals surface area contributed by atoms with Crippen LogP contribution in [0.5, 0.6) is 0 Å². The van der Waals surface area contributed by atoms with Crippen LogP contribution in [0.3, 0.4) is 0 Å². The quantitative estimate of drug-likeness (QED) is 0.333. The molecule has 0 unspecified atom stereocenters. The molecule has 0 fully saturated rings. The molecular weight excluding hydrogens is 464 g/mol. The lowest BCUT2D eigenvalue weighted by molar-refractivity contribution is -0.123. The van der Waals surface area contributed by atoms with Gasteiger partial charge in [-0.05, 0) is 30.5 Å². The number of ether oxygens (including phenoxy) is 1. The van der Waals surface area contributed by atoms with Crippen molar-refractivity contribution in [2.24, 2.45) is 0 Å². The van der Waals surface area contributed by atoms with E-state index in [0.29, 0.717) is 19.5 Å². The zero-order valence-electron chi connectivity index (χ0n) is 21.2. The first-order valence-electron chi connectivity index (χ1n) is 12.3. The van der Waals surface area contributed by atoms with E-state index in [1.165, 1.54) is 0 Å². The molecule has 2 N–H and O–H groups in total. The van der Waals surface area contributed by atoms with Gasteiger partial charge in [-0.3, -0.25) is 9.48 Å². The Kier molecular flexibility index (Phi) is 8.70. The van der Waals surface area contributed by atoms with Crippen molar-refractivity contribution in [2.45, 2.75) is 46.0 Å². The number of hydrogen-bond donors (Lipinski definition) is 2. The van der Waals surface area contributed by atoms with Crippen LogP contribution in [0.4, 0.5) is 4.79 Å². The highest BCUT2D eigenvalue weighted by atomic mass is 16.5. The molecule has 0 saturated heterocycles. The van der Waals surface area contributed by atoms with Crippen LogP contribution >= 0.6 is 0 Å². The molecule has 0 aliphatic carbocycles. The van der Waals surface area contributed by atoms with E-state index >= 15 is 0 Å². The Labute approximate surface area is 217 Å². The van der Waals surface area contributed by atoms with Gasteiger partial charge >= 0.3 is 6.09 Å². The summed E-state index contributed by atoms with van der Waals surface area (Å²) in [5.41, 5.74) is 5.80. The predicted molar refractivity (Wildman–Crippen MR) is 143 cm³/mol. The van der Waals surface area contributed by atoms with Crippen LogP contribution in [0.2, 0.25) is 0 Å². The van der Waals surface area contributed by atoms with Crippen molar-refractivity contribution in [3.63, 3.8) is 0 Å². The molecule has 1 heterocycles. The van der Waals surface area contributed by atoms with Gasteiger partial charge in [0.2, 0.25) is 5.91 Å². The number of aryl methyl sites for hydroxylation is 1. The van der Waals surface area contributed by atoms with E-state index in [1.807, 2.05) is 97.4 Å². The molecule has 1 atom stereocenters. The average Bonchev–Trinajstić information content (AvgIpc) is 3.19. The lowest BCUT2D eigenvalue weighted by atomic mass is 10.1. The van der Waals surface area contributed by atoms with Crippen molar-refractivity contribution >= 4 is 12.0 Å². The first kappa shape index (κ1) is 25.7. The van der Waals surface area contributed by atoms with Crippen molar-refractivity contribution in [3.8, 4) is 0 Å².